The number of halogens is 3. The summed E-state index contributed by atoms with van der Waals surface area (Å²) < 4.78 is 40.4. The van der Waals surface area contributed by atoms with E-state index in [9.17, 15) is 13.2 Å². The van der Waals surface area contributed by atoms with Gasteiger partial charge in [0.2, 0.25) is 5.82 Å². The molecule has 0 bridgehead atoms. The Labute approximate surface area is 110 Å². The molecule has 0 fully saturated rings. The number of nitrogens with zero attached hydrogens (tertiary/aromatic N) is 3. The van der Waals surface area contributed by atoms with Gasteiger partial charge in [-0.25, -0.2) is 4.98 Å². The van der Waals surface area contributed by atoms with Gasteiger partial charge < -0.3 is 14.8 Å². The van der Waals surface area contributed by atoms with E-state index in [4.69, 9.17) is 0 Å². The smallest absolute Gasteiger partial charge is 0.323 e. The number of imidazole rings is 1. The van der Waals surface area contributed by atoms with Crippen molar-refractivity contribution in [2.45, 2.75) is 32.6 Å². The predicted octanol–water partition coefficient (Wildman–Crippen LogP) is 1.50. The molecule has 0 saturated heterocycles. The summed E-state index contributed by atoms with van der Waals surface area (Å²) in [4.78, 5) is 5.78. The van der Waals surface area contributed by atoms with Crippen LogP contribution in [0.15, 0.2) is 0 Å². The Kier molecular flexibility index (Phi) is 4.15. The van der Waals surface area contributed by atoms with Crippen molar-refractivity contribution in [2.75, 3.05) is 26.7 Å². The van der Waals surface area contributed by atoms with Crippen molar-refractivity contribution in [3.05, 3.63) is 17.2 Å². The molecule has 2 heterocycles. The first kappa shape index (κ1) is 14.3. The molecule has 0 unspecified atom stereocenters. The largest absolute Gasteiger partial charge is 0.449 e. The van der Waals surface area contributed by atoms with Crippen molar-refractivity contribution >= 4 is 0 Å². The van der Waals surface area contributed by atoms with Crippen LogP contribution in [0.5, 0.6) is 0 Å². The molecule has 7 heteroatoms. The van der Waals surface area contributed by atoms with Gasteiger partial charge in [-0.2, -0.15) is 13.2 Å². The summed E-state index contributed by atoms with van der Waals surface area (Å²) in [6.07, 6.45) is -3.78. The fourth-order valence-electron chi connectivity index (χ4n) is 2.26. The van der Waals surface area contributed by atoms with Gasteiger partial charge in [0, 0.05) is 38.3 Å². The number of aromatic nitrogens is 2. The van der Waals surface area contributed by atoms with Crippen LogP contribution >= 0.6 is 0 Å². The van der Waals surface area contributed by atoms with Gasteiger partial charge in [0.25, 0.3) is 0 Å². The molecule has 1 N–H and O–H groups in total. The maximum absolute atomic E-state index is 13.0. The van der Waals surface area contributed by atoms with Crippen molar-refractivity contribution in [3.63, 3.8) is 0 Å². The zero-order valence-corrected chi connectivity index (χ0v) is 11.2. The zero-order chi connectivity index (χ0) is 14.0. The van der Waals surface area contributed by atoms with E-state index < -0.39 is 12.0 Å². The molecular weight excluding hydrogens is 257 g/mol. The number of hydrogen-bond donors (Lipinski definition) is 1. The first-order valence-electron chi connectivity index (χ1n) is 6.48. The highest BCUT2D eigenvalue weighted by Gasteiger charge is 2.39. The van der Waals surface area contributed by atoms with Gasteiger partial charge in [-0.1, -0.05) is 6.92 Å². The zero-order valence-electron chi connectivity index (χ0n) is 11.2. The summed E-state index contributed by atoms with van der Waals surface area (Å²) in [6.45, 7) is 4.86. The Morgan fingerprint density at radius 2 is 2.16 bits per heavy atom. The molecule has 0 radical (unpaired) electrons. The van der Waals surface area contributed by atoms with E-state index in [-0.39, 0.29) is 0 Å². The third-order valence-corrected chi connectivity index (χ3v) is 3.49. The molecule has 1 aliphatic rings. The lowest BCUT2D eigenvalue weighted by Crippen LogP contribution is -2.28. The first-order valence-corrected chi connectivity index (χ1v) is 6.48. The SMILES string of the molecule is CCN(C)CCn1c(C(F)(F)F)nc2c1CCNC2. The second-order valence-electron chi connectivity index (χ2n) is 4.80. The predicted molar refractivity (Wildman–Crippen MR) is 65.8 cm³/mol. The van der Waals surface area contributed by atoms with Crippen LogP contribution in [0.3, 0.4) is 0 Å². The number of hydrogen-bond acceptors (Lipinski definition) is 3. The normalized spacial score (nSPS) is 15.9. The van der Waals surface area contributed by atoms with Crippen molar-refractivity contribution in [1.29, 1.82) is 0 Å². The molecule has 108 valence electrons. The second-order valence-corrected chi connectivity index (χ2v) is 4.80. The van der Waals surface area contributed by atoms with E-state index in [1.807, 2.05) is 18.9 Å². The van der Waals surface area contributed by atoms with Gasteiger partial charge in [0.05, 0.1) is 5.69 Å². The van der Waals surface area contributed by atoms with Crippen molar-refractivity contribution in [3.8, 4) is 0 Å². The molecule has 4 nitrogen and oxygen atoms in total. The summed E-state index contributed by atoms with van der Waals surface area (Å²) in [5, 5.41) is 3.06. The Morgan fingerprint density at radius 1 is 1.42 bits per heavy atom. The first-order chi connectivity index (χ1) is 8.93. The minimum absolute atomic E-state index is 0.335. The number of fused-ring (bicyclic) bond motifs is 1. The molecule has 1 aromatic rings. The van der Waals surface area contributed by atoms with Crippen molar-refractivity contribution in [2.24, 2.45) is 0 Å². The Hall–Kier alpha value is -1.08. The molecule has 0 amide bonds. The molecule has 0 aromatic carbocycles. The van der Waals surface area contributed by atoms with Gasteiger partial charge in [0.1, 0.15) is 0 Å². The van der Waals surface area contributed by atoms with Crippen molar-refractivity contribution in [1.82, 2.24) is 19.8 Å². The van der Waals surface area contributed by atoms with Gasteiger partial charge >= 0.3 is 6.18 Å². The van der Waals surface area contributed by atoms with E-state index in [2.05, 4.69) is 10.3 Å². The van der Waals surface area contributed by atoms with E-state index in [1.54, 1.807) is 0 Å². The monoisotopic (exact) mass is 276 g/mol. The van der Waals surface area contributed by atoms with Gasteiger partial charge in [0.15, 0.2) is 0 Å². The Morgan fingerprint density at radius 3 is 2.79 bits per heavy atom. The number of likely N-dealkylation sites (N-methyl/N-ethyl adjacent to an activating group) is 1. The highest BCUT2D eigenvalue weighted by atomic mass is 19.4. The van der Waals surface area contributed by atoms with Crippen LogP contribution in [0.2, 0.25) is 0 Å². The fraction of sp³-hybridized carbons (Fsp3) is 0.750. The third-order valence-electron chi connectivity index (χ3n) is 3.49. The Bertz CT molecular complexity index is 439. The van der Waals surface area contributed by atoms with Crippen LogP contribution in [0, 0.1) is 0 Å². The van der Waals surface area contributed by atoms with E-state index in [1.165, 1.54) is 4.57 Å². The summed E-state index contributed by atoms with van der Waals surface area (Å²) in [5.74, 6) is -0.759. The minimum Gasteiger partial charge on any atom is -0.323 e. The van der Waals surface area contributed by atoms with Crippen LogP contribution in [0.4, 0.5) is 13.2 Å². The van der Waals surface area contributed by atoms with E-state index in [0.717, 1.165) is 12.2 Å². The standard InChI is InChI=1S/C12H19F3N4/c1-3-18(2)6-7-19-10-4-5-16-8-9(10)17-11(19)12(13,14)15/h16H,3-8H2,1-2H3. The molecule has 0 saturated carbocycles. The highest BCUT2D eigenvalue weighted by molar-refractivity contribution is 5.21. The van der Waals surface area contributed by atoms with Crippen LogP contribution in [-0.4, -0.2) is 41.1 Å². The van der Waals surface area contributed by atoms with Crippen LogP contribution in [0.25, 0.3) is 0 Å². The lowest BCUT2D eigenvalue weighted by Gasteiger charge is -2.19. The molecular formula is C12H19F3N4. The van der Waals surface area contributed by atoms with Gasteiger partial charge in [-0.15, -0.1) is 0 Å². The maximum Gasteiger partial charge on any atom is 0.449 e. The number of rotatable bonds is 4. The van der Waals surface area contributed by atoms with Crippen LogP contribution < -0.4 is 5.32 Å². The average Bonchev–Trinajstić information content (AvgIpc) is 2.74. The molecule has 0 spiro atoms. The van der Waals surface area contributed by atoms with E-state index in [0.29, 0.717) is 38.3 Å². The van der Waals surface area contributed by atoms with E-state index >= 15 is 0 Å². The van der Waals surface area contributed by atoms with Gasteiger partial charge in [-0.05, 0) is 13.6 Å². The number of alkyl halides is 3. The Balaban J connectivity index is 2.30. The molecule has 19 heavy (non-hydrogen) atoms. The molecule has 1 aliphatic heterocycles. The minimum atomic E-state index is -4.39. The highest BCUT2D eigenvalue weighted by Crippen LogP contribution is 2.31. The summed E-state index contributed by atoms with van der Waals surface area (Å²) >= 11 is 0. The van der Waals surface area contributed by atoms with Crippen LogP contribution in [0.1, 0.15) is 24.1 Å². The lowest BCUT2D eigenvalue weighted by atomic mass is 10.2. The number of nitrogens with one attached hydrogen (secondary N) is 1. The maximum atomic E-state index is 13.0. The molecule has 2 rings (SSSR count). The average molecular weight is 276 g/mol. The van der Waals surface area contributed by atoms with Crippen LogP contribution in [-0.2, 0) is 25.7 Å². The van der Waals surface area contributed by atoms with Gasteiger partial charge in [-0.3, -0.25) is 0 Å². The molecule has 0 atom stereocenters. The third kappa shape index (κ3) is 3.09. The lowest BCUT2D eigenvalue weighted by molar-refractivity contribution is -0.147. The summed E-state index contributed by atoms with van der Waals surface area (Å²) in [7, 11) is 1.90. The fourth-order valence-corrected chi connectivity index (χ4v) is 2.26. The summed E-state index contributed by atoms with van der Waals surface area (Å²) in [5.41, 5.74) is 1.27. The molecule has 1 aromatic heterocycles. The quantitative estimate of drug-likeness (QED) is 0.904. The van der Waals surface area contributed by atoms with Crippen molar-refractivity contribution < 1.29 is 13.2 Å². The summed E-state index contributed by atoms with van der Waals surface area (Å²) in [6, 6.07) is 0. The second kappa shape index (κ2) is 5.50. The molecule has 0 aliphatic carbocycles. The topological polar surface area (TPSA) is 33.1 Å².